The minimum Gasteiger partial charge on any atom is -0.479 e. The number of nitrogens with zero attached hydrogens (tertiary/aromatic N) is 2. The number of carbonyl (C=O) groups excluding carboxylic acids is 1. The lowest BCUT2D eigenvalue weighted by Crippen LogP contribution is -2.44. The van der Waals surface area contributed by atoms with E-state index in [2.05, 4.69) is 74.7 Å². The quantitative estimate of drug-likeness (QED) is 0.307. The Morgan fingerprint density at radius 1 is 0.971 bits per heavy atom. The molecule has 1 aliphatic rings. The summed E-state index contributed by atoms with van der Waals surface area (Å²) in [6, 6.07) is 24.9. The van der Waals surface area contributed by atoms with Gasteiger partial charge in [0, 0.05) is 17.4 Å². The summed E-state index contributed by atoms with van der Waals surface area (Å²) in [5, 5.41) is 3.16. The standard InChI is InChI=1S/C30H30N2O2S/c1-20-29(33)32(18-22-10-13-24(14-11-22)30(2,3)4)26-17-23(12-15-27(26)34-20)25-19-35-28(31-25)16-21-8-6-5-7-9-21/h5-15,17,19-20H,16,18H2,1-4H3. The van der Waals surface area contributed by atoms with E-state index in [0.717, 1.165) is 39.7 Å². The molecule has 2 heterocycles. The third-order valence-corrected chi connectivity index (χ3v) is 7.22. The number of hydrogen-bond donors (Lipinski definition) is 0. The van der Waals surface area contributed by atoms with Crippen LogP contribution < -0.4 is 9.64 Å². The van der Waals surface area contributed by atoms with Crippen LogP contribution in [0.15, 0.2) is 78.2 Å². The van der Waals surface area contributed by atoms with E-state index in [1.807, 2.05) is 36.1 Å². The van der Waals surface area contributed by atoms with Crippen LogP contribution in [0.25, 0.3) is 11.3 Å². The molecule has 0 bridgehead atoms. The fourth-order valence-corrected chi connectivity index (χ4v) is 5.15. The zero-order valence-corrected chi connectivity index (χ0v) is 21.4. The maximum atomic E-state index is 13.2. The molecule has 178 valence electrons. The molecule has 0 aliphatic carbocycles. The molecule has 3 aromatic carbocycles. The van der Waals surface area contributed by atoms with Crippen molar-refractivity contribution in [3.8, 4) is 17.0 Å². The second kappa shape index (κ2) is 9.31. The van der Waals surface area contributed by atoms with E-state index in [1.54, 1.807) is 11.3 Å². The van der Waals surface area contributed by atoms with Crippen LogP contribution in [-0.2, 0) is 23.2 Å². The lowest BCUT2D eigenvalue weighted by molar-refractivity contribution is -0.125. The van der Waals surface area contributed by atoms with E-state index in [1.165, 1.54) is 11.1 Å². The summed E-state index contributed by atoms with van der Waals surface area (Å²) in [5.74, 6) is 0.699. The highest BCUT2D eigenvalue weighted by Crippen LogP contribution is 2.39. The number of ether oxygens (including phenoxy) is 1. The molecule has 0 N–H and O–H groups in total. The molecule has 35 heavy (non-hydrogen) atoms. The fourth-order valence-electron chi connectivity index (χ4n) is 4.32. The number of aromatic nitrogens is 1. The predicted molar refractivity (Wildman–Crippen MR) is 143 cm³/mol. The molecule has 0 fully saturated rings. The monoisotopic (exact) mass is 482 g/mol. The highest BCUT2D eigenvalue weighted by Gasteiger charge is 2.32. The van der Waals surface area contributed by atoms with E-state index in [9.17, 15) is 4.79 Å². The van der Waals surface area contributed by atoms with Gasteiger partial charge in [0.2, 0.25) is 0 Å². The van der Waals surface area contributed by atoms with Gasteiger partial charge in [-0.15, -0.1) is 11.3 Å². The van der Waals surface area contributed by atoms with Crippen molar-refractivity contribution < 1.29 is 9.53 Å². The maximum Gasteiger partial charge on any atom is 0.268 e. The molecule has 0 spiro atoms. The van der Waals surface area contributed by atoms with Gasteiger partial charge in [0.25, 0.3) is 5.91 Å². The summed E-state index contributed by atoms with van der Waals surface area (Å²) in [7, 11) is 0. The number of amides is 1. The van der Waals surface area contributed by atoms with Gasteiger partial charge < -0.3 is 9.64 Å². The summed E-state index contributed by atoms with van der Waals surface area (Å²) in [6.07, 6.45) is 0.297. The largest absolute Gasteiger partial charge is 0.479 e. The zero-order chi connectivity index (χ0) is 24.6. The third-order valence-electron chi connectivity index (χ3n) is 6.37. The van der Waals surface area contributed by atoms with E-state index in [0.29, 0.717) is 6.54 Å². The van der Waals surface area contributed by atoms with Crippen LogP contribution >= 0.6 is 11.3 Å². The Labute approximate surface area is 211 Å². The van der Waals surface area contributed by atoms with E-state index in [-0.39, 0.29) is 11.3 Å². The summed E-state index contributed by atoms with van der Waals surface area (Å²) < 4.78 is 5.94. The van der Waals surface area contributed by atoms with Crippen LogP contribution in [0.4, 0.5) is 5.69 Å². The van der Waals surface area contributed by atoms with E-state index >= 15 is 0 Å². The number of hydrogen-bond acceptors (Lipinski definition) is 4. The van der Waals surface area contributed by atoms with Gasteiger partial charge in [0.05, 0.1) is 22.9 Å². The Hall–Kier alpha value is -3.44. The molecule has 1 aromatic heterocycles. The molecule has 1 amide bonds. The first-order valence-electron chi connectivity index (χ1n) is 12.0. The average Bonchev–Trinajstić information content (AvgIpc) is 3.30. The number of fused-ring (bicyclic) bond motifs is 1. The Kier molecular flexibility index (Phi) is 6.20. The van der Waals surface area contributed by atoms with Crippen molar-refractivity contribution in [3.05, 3.63) is 99.9 Å². The summed E-state index contributed by atoms with van der Waals surface area (Å²) >= 11 is 1.66. The summed E-state index contributed by atoms with van der Waals surface area (Å²) in [6.45, 7) is 8.93. The molecule has 4 nitrogen and oxygen atoms in total. The van der Waals surface area contributed by atoms with Crippen molar-refractivity contribution in [1.82, 2.24) is 4.98 Å². The van der Waals surface area contributed by atoms with Crippen LogP contribution in [0.3, 0.4) is 0 Å². The highest BCUT2D eigenvalue weighted by molar-refractivity contribution is 7.10. The molecule has 0 saturated heterocycles. The van der Waals surface area contributed by atoms with Gasteiger partial charge in [-0.3, -0.25) is 4.79 Å². The number of rotatable bonds is 5. The average molecular weight is 483 g/mol. The lowest BCUT2D eigenvalue weighted by Gasteiger charge is -2.33. The lowest BCUT2D eigenvalue weighted by atomic mass is 9.86. The number of carbonyl (C=O) groups is 1. The SMILES string of the molecule is CC1Oc2ccc(-c3csc(Cc4ccccc4)n3)cc2N(Cc2ccc(C(C)(C)C)cc2)C1=O. The maximum absolute atomic E-state index is 13.2. The number of thiazole rings is 1. The second-order valence-corrected chi connectivity index (χ2v) is 11.0. The summed E-state index contributed by atoms with van der Waals surface area (Å²) in [5.41, 5.74) is 6.41. The van der Waals surface area contributed by atoms with E-state index in [4.69, 9.17) is 9.72 Å². The smallest absolute Gasteiger partial charge is 0.268 e. The third kappa shape index (κ3) is 5.01. The van der Waals surface area contributed by atoms with Gasteiger partial charge in [-0.2, -0.15) is 0 Å². The molecule has 1 unspecified atom stereocenters. The van der Waals surface area contributed by atoms with Crippen molar-refractivity contribution in [1.29, 1.82) is 0 Å². The van der Waals surface area contributed by atoms with Crippen LogP contribution in [0.2, 0.25) is 0 Å². The van der Waals surface area contributed by atoms with Crippen LogP contribution in [-0.4, -0.2) is 17.0 Å². The van der Waals surface area contributed by atoms with Crippen molar-refractivity contribution in [2.75, 3.05) is 4.90 Å². The van der Waals surface area contributed by atoms with Gasteiger partial charge in [-0.1, -0.05) is 75.4 Å². The molecule has 5 rings (SSSR count). The molecule has 1 atom stereocenters. The Bertz CT molecular complexity index is 1340. The molecular weight excluding hydrogens is 452 g/mol. The van der Waals surface area contributed by atoms with Crippen LogP contribution in [0.1, 0.15) is 49.4 Å². The van der Waals surface area contributed by atoms with Crippen molar-refractivity contribution in [2.45, 2.75) is 52.2 Å². The molecule has 1 aliphatic heterocycles. The van der Waals surface area contributed by atoms with Gasteiger partial charge in [0.15, 0.2) is 6.10 Å². The number of benzene rings is 3. The molecule has 0 saturated carbocycles. The van der Waals surface area contributed by atoms with Crippen molar-refractivity contribution in [2.24, 2.45) is 0 Å². The summed E-state index contributed by atoms with van der Waals surface area (Å²) in [4.78, 5) is 19.9. The van der Waals surface area contributed by atoms with Crippen molar-refractivity contribution >= 4 is 22.9 Å². The number of anilines is 1. The molecular formula is C30H30N2O2S. The normalized spacial score (nSPS) is 15.6. The molecule has 4 aromatic rings. The second-order valence-electron chi connectivity index (χ2n) is 10.1. The first-order chi connectivity index (χ1) is 16.8. The van der Waals surface area contributed by atoms with Gasteiger partial charge in [-0.05, 0) is 47.2 Å². The molecule has 5 heteroatoms. The topological polar surface area (TPSA) is 42.4 Å². The van der Waals surface area contributed by atoms with Gasteiger partial charge in [0.1, 0.15) is 5.75 Å². The van der Waals surface area contributed by atoms with Crippen LogP contribution in [0, 0.1) is 0 Å². The minimum absolute atomic E-state index is 0.0300. The molecule has 0 radical (unpaired) electrons. The van der Waals surface area contributed by atoms with Crippen LogP contribution in [0.5, 0.6) is 5.75 Å². The van der Waals surface area contributed by atoms with E-state index < -0.39 is 6.10 Å². The zero-order valence-electron chi connectivity index (χ0n) is 20.6. The minimum atomic E-state index is -0.515. The highest BCUT2D eigenvalue weighted by atomic mass is 32.1. The first kappa shape index (κ1) is 23.3. The Morgan fingerprint density at radius 2 is 1.71 bits per heavy atom. The van der Waals surface area contributed by atoms with Gasteiger partial charge >= 0.3 is 0 Å². The Balaban J connectivity index is 1.43. The predicted octanol–water partition coefficient (Wildman–Crippen LogP) is 7.01. The Morgan fingerprint density at radius 3 is 2.43 bits per heavy atom. The van der Waals surface area contributed by atoms with Crippen molar-refractivity contribution in [3.63, 3.8) is 0 Å². The fraction of sp³-hybridized carbons (Fsp3) is 0.267. The van der Waals surface area contributed by atoms with Gasteiger partial charge in [-0.25, -0.2) is 4.98 Å². The first-order valence-corrected chi connectivity index (χ1v) is 12.9.